The van der Waals surface area contributed by atoms with E-state index in [1.165, 1.54) is 6.07 Å². The van der Waals surface area contributed by atoms with Gasteiger partial charge in [0.25, 0.3) is 0 Å². The average molecular weight is 379 g/mol. The van der Waals surface area contributed by atoms with Crippen molar-refractivity contribution >= 4 is 0 Å². The number of halogens is 2. The topological polar surface area (TPSA) is 101 Å². The molecule has 28 heavy (non-hydrogen) atoms. The Morgan fingerprint density at radius 2 is 1.89 bits per heavy atom. The third-order valence-electron chi connectivity index (χ3n) is 5.72. The van der Waals surface area contributed by atoms with Gasteiger partial charge in [0.2, 0.25) is 0 Å². The van der Waals surface area contributed by atoms with Crippen molar-refractivity contribution in [2.24, 2.45) is 17.1 Å². The Morgan fingerprint density at radius 1 is 1.21 bits per heavy atom. The third-order valence-corrected chi connectivity index (χ3v) is 5.72. The van der Waals surface area contributed by atoms with Crippen LogP contribution in [0.25, 0.3) is 0 Å². The quantitative estimate of drug-likeness (QED) is 0.851. The molecule has 2 unspecified atom stereocenters. The summed E-state index contributed by atoms with van der Waals surface area (Å²) in [6.07, 6.45) is 1.85. The fraction of sp³-hybridized carbons (Fsp3) is 0.381. The van der Waals surface area contributed by atoms with Crippen LogP contribution in [0.1, 0.15) is 25.3 Å². The molecule has 2 aliphatic rings. The van der Waals surface area contributed by atoms with Crippen LogP contribution in [0, 0.1) is 57.0 Å². The van der Waals surface area contributed by atoms with Crippen LogP contribution in [0.2, 0.25) is 0 Å². The number of nitriles is 3. The Bertz CT molecular complexity index is 989. The molecule has 3 rings (SSSR count). The van der Waals surface area contributed by atoms with Gasteiger partial charge in [-0.1, -0.05) is 12.1 Å². The third kappa shape index (κ3) is 2.74. The van der Waals surface area contributed by atoms with Crippen molar-refractivity contribution in [1.29, 1.82) is 15.8 Å². The van der Waals surface area contributed by atoms with E-state index in [4.69, 9.17) is 5.73 Å². The summed E-state index contributed by atoms with van der Waals surface area (Å²) in [6, 6.07) is 9.19. The molecule has 0 radical (unpaired) electrons. The molecule has 0 saturated heterocycles. The number of hydrogen-bond donors (Lipinski definition) is 1. The molecule has 0 spiro atoms. The van der Waals surface area contributed by atoms with Crippen LogP contribution >= 0.6 is 0 Å². The fourth-order valence-electron chi connectivity index (χ4n) is 4.22. The molecule has 7 heteroatoms. The van der Waals surface area contributed by atoms with Gasteiger partial charge in [-0.15, -0.1) is 0 Å². The maximum atomic E-state index is 14.8. The van der Waals surface area contributed by atoms with E-state index in [0.29, 0.717) is 18.7 Å². The summed E-state index contributed by atoms with van der Waals surface area (Å²) < 4.78 is 28.3. The lowest BCUT2D eigenvalue weighted by Crippen LogP contribution is -2.49. The fourth-order valence-corrected chi connectivity index (χ4v) is 4.22. The molecule has 142 valence electrons. The number of nitrogens with zero attached hydrogens (tertiary/aromatic N) is 4. The van der Waals surface area contributed by atoms with E-state index in [1.54, 1.807) is 0 Å². The standard InChI is InChI=1S/C21H19F2N5/c1-12(2)28-6-5-14-16(8-24)20(27)21(10-25,11-26)19(17(14)9-28)15-4-3-13(22)7-18(15)23/h3-5,7,12,17,19H,6,9,27H2,1-2H3. The first-order valence-electron chi connectivity index (χ1n) is 8.93. The summed E-state index contributed by atoms with van der Waals surface area (Å²) in [7, 11) is 0. The van der Waals surface area contributed by atoms with Crippen LogP contribution in [0.5, 0.6) is 0 Å². The second kappa shape index (κ2) is 7.08. The number of fused-ring (bicyclic) bond motifs is 1. The maximum absolute atomic E-state index is 14.8. The molecular weight excluding hydrogens is 360 g/mol. The zero-order chi connectivity index (χ0) is 20.6. The lowest BCUT2D eigenvalue weighted by Gasteiger charge is -2.46. The summed E-state index contributed by atoms with van der Waals surface area (Å²) in [4.78, 5) is 2.11. The zero-order valence-corrected chi connectivity index (χ0v) is 15.6. The van der Waals surface area contributed by atoms with E-state index in [9.17, 15) is 24.6 Å². The van der Waals surface area contributed by atoms with Gasteiger partial charge in [0.1, 0.15) is 17.7 Å². The summed E-state index contributed by atoms with van der Waals surface area (Å²) in [5.41, 5.74) is 4.83. The van der Waals surface area contributed by atoms with Crippen molar-refractivity contribution in [3.63, 3.8) is 0 Å². The molecule has 1 heterocycles. The van der Waals surface area contributed by atoms with Crippen molar-refractivity contribution in [1.82, 2.24) is 4.90 Å². The van der Waals surface area contributed by atoms with Crippen molar-refractivity contribution in [2.75, 3.05) is 13.1 Å². The van der Waals surface area contributed by atoms with Crippen LogP contribution in [0.15, 0.2) is 41.1 Å². The second-order valence-corrected chi connectivity index (χ2v) is 7.39. The van der Waals surface area contributed by atoms with Gasteiger partial charge in [-0.25, -0.2) is 8.78 Å². The predicted molar refractivity (Wildman–Crippen MR) is 97.9 cm³/mol. The first kappa shape index (κ1) is 19.5. The Labute approximate surface area is 162 Å². The van der Waals surface area contributed by atoms with Gasteiger partial charge >= 0.3 is 0 Å². The smallest absolute Gasteiger partial charge is 0.191 e. The first-order chi connectivity index (χ1) is 13.3. The number of allylic oxidation sites excluding steroid dienone is 2. The highest BCUT2D eigenvalue weighted by molar-refractivity contribution is 5.59. The van der Waals surface area contributed by atoms with Crippen molar-refractivity contribution in [2.45, 2.75) is 25.8 Å². The Kier molecular flexibility index (Phi) is 4.94. The Hall–Kier alpha value is -3.21. The predicted octanol–water partition coefficient (Wildman–Crippen LogP) is 3.10. The normalized spacial score (nSPS) is 24.0. The van der Waals surface area contributed by atoms with Crippen molar-refractivity contribution in [3.8, 4) is 18.2 Å². The molecule has 0 amide bonds. The van der Waals surface area contributed by atoms with E-state index in [0.717, 1.165) is 12.1 Å². The van der Waals surface area contributed by atoms with Gasteiger partial charge in [0.15, 0.2) is 5.41 Å². The van der Waals surface area contributed by atoms with E-state index >= 15 is 0 Å². The summed E-state index contributed by atoms with van der Waals surface area (Å²) in [6.45, 7) is 5.01. The minimum absolute atomic E-state index is 0.0472. The largest absolute Gasteiger partial charge is 0.399 e. The minimum Gasteiger partial charge on any atom is -0.399 e. The summed E-state index contributed by atoms with van der Waals surface area (Å²) in [5, 5.41) is 29.5. The van der Waals surface area contributed by atoms with Crippen LogP contribution in [0.3, 0.4) is 0 Å². The number of hydrogen-bond acceptors (Lipinski definition) is 5. The number of rotatable bonds is 2. The number of nitrogens with two attached hydrogens (primary N) is 1. The van der Waals surface area contributed by atoms with Gasteiger partial charge in [-0.2, -0.15) is 15.8 Å². The van der Waals surface area contributed by atoms with Crippen LogP contribution in [0.4, 0.5) is 8.78 Å². The van der Waals surface area contributed by atoms with Gasteiger partial charge in [-0.05, 0) is 31.1 Å². The first-order valence-corrected chi connectivity index (χ1v) is 8.93. The molecule has 0 fully saturated rings. The van der Waals surface area contributed by atoms with Gasteiger partial charge in [-0.3, -0.25) is 4.90 Å². The number of benzene rings is 1. The van der Waals surface area contributed by atoms with Crippen molar-refractivity contribution < 1.29 is 8.78 Å². The van der Waals surface area contributed by atoms with E-state index in [-0.39, 0.29) is 22.9 Å². The molecule has 0 saturated carbocycles. The zero-order valence-electron chi connectivity index (χ0n) is 15.6. The van der Waals surface area contributed by atoms with Crippen LogP contribution < -0.4 is 5.73 Å². The molecule has 0 bridgehead atoms. The average Bonchev–Trinajstić information content (AvgIpc) is 2.67. The summed E-state index contributed by atoms with van der Waals surface area (Å²) >= 11 is 0. The SMILES string of the molecule is CC(C)N1CC=C2C(C#N)=C(N)C(C#N)(C#N)C(c3ccc(F)cc3F)C2C1. The van der Waals surface area contributed by atoms with Crippen LogP contribution in [-0.2, 0) is 0 Å². The van der Waals surface area contributed by atoms with Gasteiger partial charge in [0, 0.05) is 37.0 Å². The molecular formula is C21H19F2N5. The molecule has 2 N–H and O–H groups in total. The highest BCUT2D eigenvalue weighted by Crippen LogP contribution is 2.54. The highest BCUT2D eigenvalue weighted by Gasteiger charge is 2.55. The molecule has 1 aromatic rings. The second-order valence-electron chi connectivity index (χ2n) is 7.39. The van der Waals surface area contributed by atoms with E-state index < -0.39 is 28.9 Å². The van der Waals surface area contributed by atoms with E-state index in [1.807, 2.05) is 38.1 Å². The molecule has 1 aromatic carbocycles. The molecule has 0 aromatic heterocycles. The lowest BCUT2D eigenvalue weighted by molar-refractivity contribution is 0.172. The highest BCUT2D eigenvalue weighted by atomic mass is 19.1. The minimum atomic E-state index is -1.92. The Balaban J connectivity index is 2.33. The van der Waals surface area contributed by atoms with E-state index in [2.05, 4.69) is 4.90 Å². The summed E-state index contributed by atoms with van der Waals surface area (Å²) in [5.74, 6) is -3.06. The van der Waals surface area contributed by atoms with Crippen molar-refractivity contribution in [3.05, 3.63) is 58.3 Å². The van der Waals surface area contributed by atoms with Gasteiger partial charge < -0.3 is 5.73 Å². The lowest BCUT2D eigenvalue weighted by atomic mass is 9.58. The monoisotopic (exact) mass is 379 g/mol. The maximum Gasteiger partial charge on any atom is 0.191 e. The van der Waals surface area contributed by atoms with Gasteiger partial charge in [0.05, 0.1) is 23.4 Å². The molecule has 2 atom stereocenters. The Morgan fingerprint density at radius 3 is 2.43 bits per heavy atom. The molecule has 1 aliphatic carbocycles. The van der Waals surface area contributed by atoms with Crippen LogP contribution in [-0.4, -0.2) is 24.0 Å². The molecule has 5 nitrogen and oxygen atoms in total. The molecule has 1 aliphatic heterocycles.